The lowest BCUT2D eigenvalue weighted by atomic mass is 10.3. The average molecular weight is 258 g/mol. The topological polar surface area (TPSA) is 15.3 Å². The monoisotopic (exact) mass is 258 g/mol. The molecule has 0 rings (SSSR count). The fourth-order valence-electron chi connectivity index (χ4n) is 1.08. The van der Waals surface area contributed by atoms with Crippen LogP contribution in [-0.2, 0) is 0 Å². The van der Waals surface area contributed by atoms with Crippen LogP contribution in [0.2, 0.25) is 0 Å². The van der Waals surface area contributed by atoms with Crippen LogP contribution in [0.1, 0.15) is 20.3 Å². The molecule has 0 heterocycles. The summed E-state index contributed by atoms with van der Waals surface area (Å²) >= 11 is 0.0299. The second-order valence-electron chi connectivity index (χ2n) is 3.97. The first-order chi connectivity index (χ1) is 7.33. The fourth-order valence-corrected chi connectivity index (χ4v) is 1.55. The summed E-state index contributed by atoms with van der Waals surface area (Å²) in [5.74, 6) is 0.0868. The van der Waals surface area contributed by atoms with Gasteiger partial charge in [-0.1, -0.05) is 0 Å². The highest BCUT2D eigenvalue weighted by Crippen LogP contribution is 2.29. The van der Waals surface area contributed by atoms with E-state index in [-0.39, 0.29) is 17.5 Å². The summed E-state index contributed by atoms with van der Waals surface area (Å²) in [5, 5.41) is 3.00. The number of thioether (sulfide) groups is 1. The first-order valence-corrected chi connectivity index (χ1v) is 6.43. The maximum atomic E-state index is 11.8. The van der Waals surface area contributed by atoms with E-state index in [9.17, 15) is 13.2 Å². The Bertz CT molecular complexity index is 174. The molecule has 0 aliphatic heterocycles. The van der Waals surface area contributed by atoms with Gasteiger partial charge in [0.1, 0.15) is 0 Å². The van der Waals surface area contributed by atoms with Crippen molar-refractivity contribution >= 4 is 11.8 Å². The molecule has 0 saturated carbocycles. The Balaban J connectivity index is 3.22. The number of rotatable bonds is 8. The maximum Gasteiger partial charge on any atom is 0.441 e. The zero-order valence-electron chi connectivity index (χ0n) is 10.1. The fraction of sp³-hybridized carbons (Fsp3) is 1.00. The van der Waals surface area contributed by atoms with Crippen LogP contribution in [0.15, 0.2) is 0 Å². The third kappa shape index (κ3) is 10.6. The Labute approximate surface area is 100.0 Å². The molecule has 0 atom stereocenters. The maximum absolute atomic E-state index is 11.8. The molecule has 0 amide bonds. The van der Waals surface area contributed by atoms with Gasteiger partial charge in [-0.3, -0.25) is 0 Å². The van der Waals surface area contributed by atoms with Gasteiger partial charge in [0, 0.05) is 18.3 Å². The number of nitrogens with one attached hydrogen (secondary N) is 1. The Morgan fingerprint density at radius 1 is 1.25 bits per heavy atom. The predicted molar refractivity (Wildman–Crippen MR) is 63.8 cm³/mol. The summed E-state index contributed by atoms with van der Waals surface area (Å²) in [7, 11) is 2.05. The van der Waals surface area contributed by atoms with Crippen molar-refractivity contribution in [2.45, 2.75) is 31.8 Å². The number of hydrogen-bond acceptors (Lipinski definition) is 3. The van der Waals surface area contributed by atoms with E-state index in [0.717, 1.165) is 19.5 Å². The van der Waals surface area contributed by atoms with Gasteiger partial charge in [0.15, 0.2) is 0 Å². The van der Waals surface area contributed by atoms with E-state index in [1.165, 1.54) is 0 Å². The zero-order chi connectivity index (χ0) is 12.6. The molecule has 0 fully saturated rings. The molecule has 6 heteroatoms. The van der Waals surface area contributed by atoms with E-state index in [4.69, 9.17) is 0 Å². The molecule has 0 aromatic carbocycles. The van der Waals surface area contributed by atoms with Crippen LogP contribution in [0.25, 0.3) is 0 Å². The van der Waals surface area contributed by atoms with Gasteiger partial charge in [-0.05, 0) is 52.2 Å². The highest BCUT2D eigenvalue weighted by atomic mass is 32.2. The molecule has 0 aliphatic rings. The third-order valence-corrected chi connectivity index (χ3v) is 3.03. The molecule has 0 spiro atoms. The highest BCUT2D eigenvalue weighted by Gasteiger charge is 2.27. The molecule has 1 N–H and O–H groups in total. The minimum atomic E-state index is -4.10. The van der Waals surface area contributed by atoms with Gasteiger partial charge >= 0.3 is 5.51 Å². The summed E-state index contributed by atoms with van der Waals surface area (Å²) in [4.78, 5) is 2.21. The van der Waals surface area contributed by atoms with Crippen LogP contribution in [0.4, 0.5) is 13.2 Å². The van der Waals surface area contributed by atoms with E-state index in [1.807, 2.05) is 7.05 Å². The van der Waals surface area contributed by atoms with Crippen LogP contribution in [0.5, 0.6) is 0 Å². The summed E-state index contributed by atoms with van der Waals surface area (Å²) in [6.45, 7) is 6.39. The summed E-state index contributed by atoms with van der Waals surface area (Å²) in [6, 6.07) is 0.515. The van der Waals surface area contributed by atoms with Crippen LogP contribution < -0.4 is 5.32 Å². The van der Waals surface area contributed by atoms with Crippen molar-refractivity contribution in [3.8, 4) is 0 Å². The molecule has 2 nitrogen and oxygen atoms in total. The number of hydrogen-bond donors (Lipinski definition) is 1. The molecule has 0 aromatic heterocycles. The minimum absolute atomic E-state index is 0.0299. The second-order valence-corrected chi connectivity index (χ2v) is 5.13. The van der Waals surface area contributed by atoms with Gasteiger partial charge < -0.3 is 10.2 Å². The molecule has 0 aliphatic carbocycles. The lowest BCUT2D eigenvalue weighted by Gasteiger charge is -2.20. The molecular weight excluding hydrogens is 237 g/mol. The van der Waals surface area contributed by atoms with Gasteiger partial charge in [0.05, 0.1) is 0 Å². The van der Waals surface area contributed by atoms with Gasteiger partial charge in [-0.25, -0.2) is 0 Å². The van der Waals surface area contributed by atoms with Crippen molar-refractivity contribution in [1.29, 1.82) is 0 Å². The van der Waals surface area contributed by atoms with Crippen molar-refractivity contribution in [3.05, 3.63) is 0 Å². The first-order valence-electron chi connectivity index (χ1n) is 5.44. The summed E-state index contributed by atoms with van der Waals surface area (Å²) in [5.41, 5.74) is -4.10. The van der Waals surface area contributed by atoms with Gasteiger partial charge in [-0.2, -0.15) is 13.2 Å². The third-order valence-electron chi connectivity index (χ3n) is 2.29. The molecule has 0 saturated heterocycles. The first kappa shape index (κ1) is 16.1. The van der Waals surface area contributed by atoms with E-state index >= 15 is 0 Å². The zero-order valence-corrected chi connectivity index (χ0v) is 10.9. The second kappa shape index (κ2) is 8.20. The smallest absolute Gasteiger partial charge is 0.316 e. The number of nitrogens with zero attached hydrogens (tertiary/aromatic N) is 1. The quantitative estimate of drug-likeness (QED) is 0.674. The Kier molecular flexibility index (Phi) is 8.23. The molecule has 0 aromatic rings. The van der Waals surface area contributed by atoms with Crippen molar-refractivity contribution < 1.29 is 13.2 Å². The molecule has 0 bridgehead atoms. The molecule has 0 radical (unpaired) electrons. The van der Waals surface area contributed by atoms with E-state index in [2.05, 4.69) is 24.1 Å². The van der Waals surface area contributed by atoms with Crippen molar-refractivity contribution in [1.82, 2.24) is 10.2 Å². The van der Waals surface area contributed by atoms with E-state index < -0.39 is 5.51 Å². The highest BCUT2D eigenvalue weighted by molar-refractivity contribution is 8.00. The van der Waals surface area contributed by atoms with Crippen LogP contribution in [0.3, 0.4) is 0 Å². The lowest BCUT2D eigenvalue weighted by Crippen LogP contribution is -2.30. The largest absolute Gasteiger partial charge is 0.441 e. The van der Waals surface area contributed by atoms with Crippen LogP contribution >= 0.6 is 11.8 Å². The van der Waals surface area contributed by atoms with Crippen LogP contribution in [-0.4, -0.2) is 48.9 Å². The van der Waals surface area contributed by atoms with E-state index in [1.54, 1.807) is 0 Å². The van der Waals surface area contributed by atoms with Crippen LogP contribution in [0, 0.1) is 0 Å². The molecule has 0 unspecified atom stereocenters. The van der Waals surface area contributed by atoms with Gasteiger partial charge in [-0.15, -0.1) is 0 Å². The molecule has 16 heavy (non-hydrogen) atoms. The van der Waals surface area contributed by atoms with Crippen molar-refractivity contribution in [2.24, 2.45) is 0 Å². The van der Waals surface area contributed by atoms with Gasteiger partial charge in [0.25, 0.3) is 0 Å². The minimum Gasteiger partial charge on any atom is -0.316 e. The Morgan fingerprint density at radius 3 is 2.38 bits per heavy atom. The Hall–Kier alpha value is 0.0600. The normalized spacial score (nSPS) is 12.8. The SMILES string of the molecule is CC(C)N(C)CCCNCCSC(F)(F)F. The summed E-state index contributed by atoms with van der Waals surface area (Å²) in [6.07, 6.45) is 0.964. The lowest BCUT2D eigenvalue weighted by molar-refractivity contribution is -0.0327. The van der Waals surface area contributed by atoms with Crippen molar-refractivity contribution in [2.75, 3.05) is 32.4 Å². The number of halogens is 3. The average Bonchev–Trinajstić information content (AvgIpc) is 2.14. The number of alkyl halides is 3. The Morgan fingerprint density at radius 2 is 1.88 bits per heavy atom. The predicted octanol–water partition coefficient (Wildman–Crippen LogP) is 2.56. The van der Waals surface area contributed by atoms with Crippen molar-refractivity contribution in [3.63, 3.8) is 0 Å². The summed E-state index contributed by atoms with van der Waals surface area (Å²) < 4.78 is 35.3. The van der Waals surface area contributed by atoms with E-state index in [0.29, 0.717) is 12.6 Å². The standard InChI is InChI=1S/C10H21F3N2S/c1-9(2)15(3)7-4-5-14-6-8-16-10(11,12)13/h9,14H,4-8H2,1-3H3. The molecule has 98 valence electrons. The van der Waals surface area contributed by atoms with Gasteiger partial charge in [0.2, 0.25) is 0 Å². The molecular formula is C10H21F3N2S.